The summed E-state index contributed by atoms with van der Waals surface area (Å²) in [4.78, 5) is 0. The normalized spacial score (nSPS) is 12.8. The van der Waals surface area contributed by atoms with Crippen LogP contribution >= 0.6 is 0 Å². The number of fused-ring (bicyclic) bond motifs is 7. The van der Waals surface area contributed by atoms with Crippen LogP contribution in [-0.2, 0) is 12.8 Å². The minimum Gasteiger partial charge on any atom is -0.0616 e. The first kappa shape index (κ1) is 17.7. The van der Waals surface area contributed by atoms with Gasteiger partial charge in [0.15, 0.2) is 0 Å². The Morgan fingerprint density at radius 2 is 1.12 bits per heavy atom. The van der Waals surface area contributed by atoms with Gasteiger partial charge in [-0.3, -0.25) is 0 Å². The Hall–Kier alpha value is -3.90. The molecule has 1 aliphatic carbocycles. The first-order valence-corrected chi connectivity index (χ1v) is 11.4. The molecular formula is C32H22. The molecule has 0 unspecified atom stereocenters. The Labute approximate surface area is 187 Å². The third kappa shape index (κ3) is 2.63. The molecule has 0 aromatic heterocycles. The predicted molar refractivity (Wildman–Crippen MR) is 137 cm³/mol. The standard InChI is InChI=1S/C32H22/c1-2-8-25-19-30-26(18-24(25)7-1)9-5-11-28(30)27-17-14-22-13-16-23-15-12-21-6-3-4-10-29(21)32(23)31(22)20-27/h1-12,14-15,17-20H,13,16H2. The van der Waals surface area contributed by atoms with Gasteiger partial charge in [0, 0.05) is 0 Å². The summed E-state index contributed by atoms with van der Waals surface area (Å²) in [5.41, 5.74) is 8.37. The van der Waals surface area contributed by atoms with Crippen LogP contribution in [0.4, 0.5) is 0 Å². The van der Waals surface area contributed by atoms with E-state index in [1.165, 1.54) is 65.7 Å². The second kappa shape index (κ2) is 6.80. The Kier molecular flexibility index (Phi) is 3.77. The van der Waals surface area contributed by atoms with Crippen LogP contribution in [0.5, 0.6) is 0 Å². The van der Waals surface area contributed by atoms with Crippen LogP contribution in [-0.4, -0.2) is 0 Å². The van der Waals surface area contributed by atoms with Crippen LogP contribution in [0.3, 0.4) is 0 Å². The molecule has 0 N–H and O–H groups in total. The third-order valence-corrected chi connectivity index (χ3v) is 7.12. The Morgan fingerprint density at radius 3 is 2.03 bits per heavy atom. The summed E-state index contributed by atoms with van der Waals surface area (Å²) in [7, 11) is 0. The second-order valence-electron chi connectivity index (χ2n) is 8.92. The Morgan fingerprint density at radius 1 is 0.406 bits per heavy atom. The highest BCUT2D eigenvalue weighted by Crippen LogP contribution is 2.41. The lowest BCUT2D eigenvalue weighted by atomic mass is 9.81. The zero-order valence-corrected chi connectivity index (χ0v) is 17.8. The number of hydrogen-bond acceptors (Lipinski definition) is 0. The maximum absolute atomic E-state index is 2.43. The fourth-order valence-electron chi connectivity index (χ4n) is 5.53. The van der Waals surface area contributed by atoms with Crippen molar-refractivity contribution in [3.63, 3.8) is 0 Å². The Balaban J connectivity index is 1.49. The zero-order valence-electron chi connectivity index (χ0n) is 17.8. The van der Waals surface area contributed by atoms with Crippen molar-refractivity contribution < 1.29 is 0 Å². The van der Waals surface area contributed by atoms with Crippen molar-refractivity contribution in [2.24, 2.45) is 0 Å². The van der Waals surface area contributed by atoms with Crippen molar-refractivity contribution in [3.8, 4) is 22.3 Å². The number of rotatable bonds is 1. The summed E-state index contributed by atoms with van der Waals surface area (Å²) in [5, 5.41) is 7.89. The molecule has 6 aromatic rings. The molecule has 0 radical (unpaired) electrons. The van der Waals surface area contributed by atoms with Crippen molar-refractivity contribution in [2.45, 2.75) is 12.8 Å². The summed E-state index contributed by atoms with van der Waals surface area (Å²) in [6, 6.07) is 40.5. The predicted octanol–water partition coefficient (Wildman–Crippen LogP) is 8.58. The first-order chi connectivity index (χ1) is 15.8. The molecule has 0 heterocycles. The van der Waals surface area contributed by atoms with E-state index in [2.05, 4.69) is 109 Å². The van der Waals surface area contributed by atoms with Crippen LogP contribution < -0.4 is 0 Å². The molecule has 150 valence electrons. The quantitative estimate of drug-likeness (QED) is 0.240. The molecule has 0 spiro atoms. The van der Waals surface area contributed by atoms with E-state index in [-0.39, 0.29) is 0 Å². The lowest BCUT2D eigenvalue weighted by Gasteiger charge is -2.23. The van der Waals surface area contributed by atoms with E-state index < -0.39 is 0 Å². The second-order valence-corrected chi connectivity index (χ2v) is 8.92. The van der Waals surface area contributed by atoms with Gasteiger partial charge >= 0.3 is 0 Å². The molecule has 1 aliphatic rings. The van der Waals surface area contributed by atoms with Crippen molar-refractivity contribution in [1.82, 2.24) is 0 Å². The summed E-state index contributed by atoms with van der Waals surface area (Å²) < 4.78 is 0. The number of hydrogen-bond donors (Lipinski definition) is 0. The first-order valence-electron chi connectivity index (χ1n) is 11.4. The Bertz CT molecular complexity index is 1670. The van der Waals surface area contributed by atoms with E-state index in [9.17, 15) is 0 Å². The smallest absolute Gasteiger partial charge is 0.00702 e. The third-order valence-electron chi connectivity index (χ3n) is 7.12. The molecule has 6 aromatic carbocycles. The van der Waals surface area contributed by atoms with Crippen molar-refractivity contribution >= 4 is 32.3 Å². The van der Waals surface area contributed by atoms with Gasteiger partial charge in [0.05, 0.1) is 0 Å². The lowest BCUT2D eigenvalue weighted by molar-refractivity contribution is 0.945. The van der Waals surface area contributed by atoms with Gasteiger partial charge in [-0.05, 0) is 96.7 Å². The maximum atomic E-state index is 2.43. The fraction of sp³-hybridized carbons (Fsp3) is 0.0625. The van der Waals surface area contributed by atoms with Gasteiger partial charge in [-0.2, -0.15) is 0 Å². The van der Waals surface area contributed by atoms with E-state index in [1.807, 2.05) is 0 Å². The molecule has 0 saturated heterocycles. The molecule has 0 aliphatic heterocycles. The van der Waals surface area contributed by atoms with Crippen LogP contribution in [0, 0.1) is 0 Å². The van der Waals surface area contributed by atoms with Gasteiger partial charge in [0.25, 0.3) is 0 Å². The van der Waals surface area contributed by atoms with E-state index in [1.54, 1.807) is 0 Å². The molecule has 0 bridgehead atoms. The molecule has 32 heavy (non-hydrogen) atoms. The summed E-state index contributed by atoms with van der Waals surface area (Å²) >= 11 is 0. The molecule has 0 fully saturated rings. The van der Waals surface area contributed by atoms with E-state index in [0.29, 0.717) is 0 Å². The van der Waals surface area contributed by atoms with Crippen molar-refractivity contribution in [1.29, 1.82) is 0 Å². The average molecular weight is 407 g/mol. The van der Waals surface area contributed by atoms with Crippen molar-refractivity contribution in [2.75, 3.05) is 0 Å². The SMILES string of the molecule is c1ccc2cc3c(-c4ccc5c(c4)-c4c(ccc6ccccc46)CC5)cccc3cc2c1. The summed E-state index contributed by atoms with van der Waals surface area (Å²) in [6.07, 6.45) is 2.23. The molecule has 0 atom stereocenters. The number of benzene rings is 6. The van der Waals surface area contributed by atoms with Gasteiger partial charge < -0.3 is 0 Å². The highest BCUT2D eigenvalue weighted by atomic mass is 14.2. The lowest BCUT2D eigenvalue weighted by Crippen LogP contribution is -2.04. The van der Waals surface area contributed by atoms with Gasteiger partial charge in [-0.15, -0.1) is 0 Å². The van der Waals surface area contributed by atoms with Crippen LogP contribution in [0.15, 0.2) is 109 Å². The molecular weight excluding hydrogens is 384 g/mol. The monoisotopic (exact) mass is 406 g/mol. The minimum atomic E-state index is 1.11. The van der Waals surface area contributed by atoms with E-state index >= 15 is 0 Å². The fourth-order valence-corrected chi connectivity index (χ4v) is 5.53. The summed E-state index contributed by atoms with van der Waals surface area (Å²) in [5.74, 6) is 0. The van der Waals surface area contributed by atoms with Gasteiger partial charge in [-0.1, -0.05) is 91.0 Å². The molecule has 0 amide bonds. The average Bonchev–Trinajstić information content (AvgIpc) is 2.86. The van der Waals surface area contributed by atoms with Crippen LogP contribution in [0.25, 0.3) is 54.6 Å². The van der Waals surface area contributed by atoms with Crippen molar-refractivity contribution in [3.05, 3.63) is 120 Å². The van der Waals surface area contributed by atoms with Gasteiger partial charge in [0.2, 0.25) is 0 Å². The molecule has 0 saturated carbocycles. The zero-order chi connectivity index (χ0) is 21.1. The minimum absolute atomic E-state index is 1.11. The maximum Gasteiger partial charge on any atom is -0.00702 e. The molecule has 0 heteroatoms. The highest BCUT2D eigenvalue weighted by molar-refractivity contribution is 6.06. The molecule has 0 nitrogen and oxygen atoms in total. The van der Waals surface area contributed by atoms with E-state index in [4.69, 9.17) is 0 Å². The largest absolute Gasteiger partial charge is 0.0616 e. The molecule has 7 rings (SSSR count). The van der Waals surface area contributed by atoms with Gasteiger partial charge in [-0.25, -0.2) is 0 Å². The number of aryl methyl sites for hydroxylation is 2. The highest BCUT2D eigenvalue weighted by Gasteiger charge is 2.19. The summed E-state index contributed by atoms with van der Waals surface area (Å²) in [6.45, 7) is 0. The van der Waals surface area contributed by atoms with E-state index in [0.717, 1.165) is 12.8 Å². The van der Waals surface area contributed by atoms with Crippen LogP contribution in [0.2, 0.25) is 0 Å². The van der Waals surface area contributed by atoms with Crippen LogP contribution in [0.1, 0.15) is 11.1 Å². The van der Waals surface area contributed by atoms with Gasteiger partial charge in [0.1, 0.15) is 0 Å². The topological polar surface area (TPSA) is 0 Å².